The average molecular weight is 275 g/mol. The van der Waals surface area contributed by atoms with Crippen LogP contribution in [-0.2, 0) is 7.05 Å². The number of hydrogen-bond donors (Lipinski definition) is 2. The zero-order valence-electron chi connectivity index (χ0n) is 10.8. The van der Waals surface area contributed by atoms with Gasteiger partial charge in [0.15, 0.2) is 5.82 Å². The van der Waals surface area contributed by atoms with Crippen molar-refractivity contribution in [2.45, 2.75) is 13.8 Å². The Kier molecular flexibility index (Phi) is 2.63. The number of aromatic nitrogens is 4. The summed E-state index contributed by atoms with van der Waals surface area (Å²) in [5, 5.41) is 14.9. The fourth-order valence-electron chi connectivity index (χ4n) is 1.98. The van der Waals surface area contributed by atoms with Gasteiger partial charge in [0.2, 0.25) is 0 Å². The highest BCUT2D eigenvalue weighted by atomic mass is 32.1. The van der Waals surface area contributed by atoms with Crippen LogP contribution < -0.4 is 5.32 Å². The molecule has 3 aromatic rings. The minimum absolute atomic E-state index is 0.146. The van der Waals surface area contributed by atoms with Crippen molar-refractivity contribution in [2.24, 2.45) is 7.05 Å². The summed E-state index contributed by atoms with van der Waals surface area (Å²) in [5.41, 5.74) is 1.84. The molecule has 0 radical (unpaired) electrons. The SMILES string of the molecule is Cc1cc(NC(=O)c2cc3c(C)nn(C)c3s2)n[nH]1. The number of hydrogen-bond acceptors (Lipinski definition) is 4. The van der Waals surface area contributed by atoms with Crippen LogP contribution in [0.2, 0.25) is 0 Å². The Hall–Kier alpha value is -2.15. The molecule has 0 bridgehead atoms. The number of aryl methyl sites for hydroxylation is 3. The third-order valence-corrected chi connectivity index (χ3v) is 4.07. The van der Waals surface area contributed by atoms with Crippen molar-refractivity contribution in [2.75, 3.05) is 5.32 Å². The van der Waals surface area contributed by atoms with Crippen LogP contribution in [0.15, 0.2) is 12.1 Å². The van der Waals surface area contributed by atoms with Crippen molar-refractivity contribution in [1.82, 2.24) is 20.0 Å². The molecule has 0 saturated carbocycles. The van der Waals surface area contributed by atoms with E-state index >= 15 is 0 Å². The van der Waals surface area contributed by atoms with Crippen molar-refractivity contribution < 1.29 is 4.79 Å². The molecule has 7 heteroatoms. The zero-order chi connectivity index (χ0) is 13.6. The standard InChI is InChI=1S/C12H13N5OS/c1-6-4-10(15-14-6)13-11(18)9-5-8-7(2)16-17(3)12(8)19-9/h4-5H,1-3H3,(H2,13,14,15,18). The van der Waals surface area contributed by atoms with Crippen LogP contribution in [0.5, 0.6) is 0 Å². The summed E-state index contributed by atoms with van der Waals surface area (Å²) >= 11 is 1.43. The van der Waals surface area contributed by atoms with Crippen molar-refractivity contribution >= 4 is 33.3 Å². The number of nitrogens with zero attached hydrogens (tertiary/aromatic N) is 3. The predicted octanol–water partition coefficient (Wildman–Crippen LogP) is 2.23. The molecule has 6 nitrogen and oxygen atoms in total. The van der Waals surface area contributed by atoms with Crippen LogP contribution in [0.3, 0.4) is 0 Å². The van der Waals surface area contributed by atoms with E-state index in [1.807, 2.05) is 27.0 Å². The molecule has 0 unspecified atom stereocenters. The highest BCUT2D eigenvalue weighted by Gasteiger charge is 2.15. The minimum Gasteiger partial charge on any atom is -0.304 e. The molecule has 1 amide bonds. The normalized spacial score (nSPS) is 11.1. The molecule has 98 valence electrons. The summed E-state index contributed by atoms with van der Waals surface area (Å²) in [6, 6.07) is 3.66. The van der Waals surface area contributed by atoms with Gasteiger partial charge in [-0.05, 0) is 19.9 Å². The fourth-order valence-corrected chi connectivity index (χ4v) is 3.00. The molecule has 0 saturated heterocycles. The Morgan fingerprint density at radius 2 is 2.21 bits per heavy atom. The van der Waals surface area contributed by atoms with Gasteiger partial charge >= 0.3 is 0 Å². The molecule has 0 atom stereocenters. The van der Waals surface area contributed by atoms with E-state index in [2.05, 4.69) is 20.6 Å². The van der Waals surface area contributed by atoms with Gasteiger partial charge in [0, 0.05) is 24.2 Å². The monoisotopic (exact) mass is 275 g/mol. The van der Waals surface area contributed by atoms with Gasteiger partial charge in [-0.1, -0.05) is 0 Å². The molecule has 0 aliphatic rings. The first-order valence-corrected chi connectivity index (χ1v) is 6.63. The number of fused-ring (bicyclic) bond motifs is 1. The molecule has 0 spiro atoms. The van der Waals surface area contributed by atoms with E-state index in [1.54, 1.807) is 10.7 Å². The first kappa shape index (κ1) is 11.9. The van der Waals surface area contributed by atoms with E-state index in [9.17, 15) is 4.79 Å². The Labute approximate surface area is 113 Å². The van der Waals surface area contributed by atoms with Crippen LogP contribution in [0.25, 0.3) is 10.2 Å². The summed E-state index contributed by atoms with van der Waals surface area (Å²) in [6.07, 6.45) is 0. The minimum atomic E-state index is -0.146. The number of H-pyrrole nitrogens is 1. The Morgan fingerprint density at radius 1 is 1.42 bits per heavy atom. The number of carbonyl (C=O) groups is 1. The lowest BCUT2D eigenvalue weighted by Crippen LogP contribution is -2.10. The van der Waals surface area contributed by atoms with Gasteiger partial charge in [0.1, 0.15) is 4.83 Å². The van der Waals surface area contributed by atoms with Crippen LogP contribution in [0.4, 0.5) is 5.82 Å². The summed E-state index contributed by atoms with van der Waals surface area (Å²) in [7, 11) is 1.88. The molecule has 0 aliphatic heterocycles. The third kappa shape index (κ3) is 2.01. The molecular weight excluding hydrogens is 262 g/mol. The van der Waals surface area contributed by atoms with Crippen molar-refractivity contribution in [3.63, 3.8) is 0 Å². The summed E-state index contributed by atoms with van der Waals surface area (Å²) < 4.78 is 1.80. The zero-order valence-corrected chi connectivity index (χ0v) is 11.6. The molecule has 3 heterocycles. The van der Waals surface area contributed by atoms with Crippen LogP contribution in [0.1, 0.15) is 21.1 Å². The smallest absolute Gasteiger partial charge is 0.267 e. The van der Waals surface area contributed by atoms with Gasteiger partial charge < -0.3 is 5.32 Å². The summed E-state index contributed by atoms with van der Waals surface area (Å²) in [4.78, 5) is 13.8. The van der Waals surface area contributed by atoms with E-state index in [0.29, 0.717) is 10.7 Å². The second-order valence-corrected chi connectivity index (χ2v) is 5.46. The molecule has 3 rings (SSSR count). The molecule has 0 fully saturated rings. The van der Waals surface area contributed by atoms with Gasteiger partial charge in [-0.25, -0.2) is 0 Å². The lowest BCUT2D eigenvalue weighted by molar-refractivity contribution is 0.103. The van der Waals surface area contributed by atoms with Gasteiger partial charge in [0.05, 0.1) is 10.6 Å². The predicted molar refractivity (Wildman–Crippen MR) is 74.6 cm³/mol. The van der Waals surface area contributed by atoms with Crippen molar-refractivity contribution in [1.29, 1.82) is 0 Å². The Balaban J connectivity index is 1.91. The van der Waals surface area contributed by atoms with E-state index < -0.39 is 0 Å². The largest absolute Gasteiger partial charge is 0.304 e. The second kappa shape index (κ2) is 4.20. The summed E-state index contributed by atoms with van der Waals surface area (Å²) in [5.74, 6) is 0.391. The summed E-state index contributed by atoms with van der Waals surface area (Å²) in [6.45, 7) is 3.82. The highest BCUT2D eigenvalue weighted by molar-refractivity contribution is 7.20. The number of amides is 1. The first-order chi connectivity index (χ1) is 9.04. The lowest BCUT2D eigenvalue weighted by Gasteiger charge is -1.97. The second-order valence-electron chi connectivity index (χ2n) is 4.43. The number of rotatable bonds is 2. The first-order valence-electron chi connectivity index (χ1n) is 5.81. The molecule has 0 aromatic carbocycles. The number of thiophene rings is 1. The van der Waals surface area contributed by atoms with Crippen LogP contribution in [0, 0.1) is 13.8 Å². The quantitative estimate of drug-likeness (QED) is 0.753. The maximum atomic E-state index is 12.1. The van der Waals surface area contributed by atoms with Crippen LogP contribution >= 0.6 is 11.3 Å². The third-order valence-electron chi connectivity index (χ3n) is 2.87. The molecule has 2 N–H and O–H groups in total. The Morgan fingerprint density at radius 3 is 2.84 bits per heavy atom. The topological polar surface area (TPSA) is 75.6 Å². The molecule has 0 aliphatic carbocycles. The van der Waals surface area contributed by atoms with E-state index in [0.717, 1.165) is 21.6 Å². The maximum Gasteiger partial charge on any atom is 0.267 e. The lowest BCUT2D eigenvalue weighted by atomic mass is 10.3. The number of aromatic amines is 1. The molecular formula is C12H13N5OS. The number of nitrogens with one attached hydrogen (secondary N) is 2. The van der Waals surface area contributed by atoms with Gasteiger partial charge in [-0.3, -0.25) is 14.6 Å². The number of carbonyl (C=O) groups excluding carboxylic acids is 1. The van der Waals surface area contributed by atoms with Gasteiger partial charge in [-0.2, -0.15) is 10.2 Å². The van der Waals surface area contributed by atoms with E-state index in [4.69, 9.17) is 0 Å². The molecule has 3 aromatic heterocycles. The maximum absolute atomic E-state index is 12.1. The Bertz CT molecular complexity index is 732. The van der Waals surface area contributed by atoms with Crippen molar-refractivity contribution in [3.05, 3.63) is 28.4 Å². The van der Waals surface area contributed by atoms with Crippen molar-refractivity contribution in [3.8, 4) is 0 Å². The van der Waals surface area contributed by atoms with Gasteiger partial charge in [-0.15, -0.1) is 11.3 Å². The fraction of sp³-hybridized carbons (Fsp3) is 0.250. The van der Waals surface area contributed by atoms with Gasteiger partial charge in [0.25, 0.3) is 5.91 Å². The molecule has 19 heavy (non-hydrogen) atoms. The highest BCUT2D eigenvalue weighted by Crippen LogP contribution is 2.28. The van der Waals surface area contributed by atoms with E-state index in [-0.39, 0.29) is 5.91 Å². The average Bonchev–Trinajstić information content (AvgIpc) is 3.00. The van der Waals surface area contributed by atoms with Crippen LogP contribution in [-0.4, -0.2) is 25.9 Å². The number of anilines is 1. The van der Waals surface area contributed by atoms with E-state index in [1.165, 1.54) is 11.3 Å².